The molecular weight excluding hydrogens is 571 g/mol. The molecule has 2 nitrogen and oxygen atoms in total. The van der Waals surface area contributed by atoms with E-state index in [2.05, 4.69) is 170 Å². The molecule has 2 heteroatoms. The molecule has 0 radical (unpaired) electrons. The Labute approximate surface area is 273 Å². The summed E-state index contributed by atoms with van der Waals surface area (Å²) in [6, 6.07) is 55.2. The molecule has 0 saturated heterocycles. The second-order valence-electron chi connectivity index (χ2n) is 13.3. The van der Waals surface area contributed by atoms with Crippen LogP contribution in [0.4, 0.5) is 17.1 Å². The highest BCUT2D eigenvalue weighted by atomic mass is 16.3. The van der Waals surface area contributed by atoms with Gasteiger partial charge in [-0.1, -0.05) is 135 Å². The number of hydrogen-bond donors (Lipinski definition) is 0. The molecule has 0 spiro atoms. The molecule has 47 heavy (non-hydrogen) atoms. The van der Waals surface area contributed by atoms with Crippen molar-refractivity contribution in [1.29, 1.82) is 0 Å². The van der Waals surface area contributed by atoms with Crippen molar-refractivity contribution >= 4 is 71.3 Å². The molecule has 0 atom stereocenters. The lowest BCUT2D eigenvalue weighted by Crippen LogP contribution is -2.15. The molecule has 222 valence electrons. The van der Waals surface area contributed by atoms with Gasteiger partial charge in [-0.2, -0.15) is 0 Å². The van der Waals surface area contributed by atoms with Crippen molar-refractivity contribution in [3.8, 4) is 11.1 Å². The van der Waals surface area contributed by atoms with E-state index >= 15 is 0 Å². The van der Waals surface area contributed by atoms with Crippen molar-refractivity contribution in [3.63, 3.8) is 0 Å². The van der Waals surface area contributed by atoms with Crippen LogP contribution in [0.3, 0.4) is 0 Å². The first-order valence-electron chi connectivity index (χ1n) is 16.4. The van der Waals surface area contributed by atoms with Crippen molar-refractivity contribution in [2.75, 3.05) is 4.90 Å². The molecule has 1 aromatic heterocycles. The summed E-state index contributed by atoms with van der Waals surface area (Å²) in [5.41, 5.74) is 10.3. The van der Waals surface area contributed by atoms with E-state index in [1.54, 1.807) is 0 Å². The van der Waals surface area contributed by atoms with Crippen LogP contribution in [0.2, 0.25) is 0 Å². The molecule has 1 aliphatic carbocycles. The molecule has 8 aromatic carbocycles. The van der Waals surface area contributed by atoms with Crippen LogP contribution in [0.1, 0.15) is 25.0 Å². The number of rotatable bonds is 3. The summed E-state index contributed by atoms with van der Waals surface area (Å²) in [5, 5.41) is 9.46. The van der Waals surface area contributed by atoms with Gasteiger partial charge in [-0.25, -0.2) is 0 Å². The summed E-state index contributed by atoms with van der Waals surface area (Å²) in [4.78, 5) is 2.43. The Bertz CT molecular complexity index is 2730. The Hall–Kier alpha value is -5.86. The first-order valence-corrected chi connectivity index (χ1v) is 16.4. The molecule has 1 heterocycles. The Kier molecular flexibility index (Phi) is 5.37. The van der Waals surface area contributed by atoms with Crippen molar-refractivity contribution in [2.24, 2.45) is 0 Å². The third kappa shape index (κ3) is 3.67. The normalized spacial score (nSPS) is 13.5. The molecular formula is C45H31NO. The minimum Gasteiger partial charge on any atom is -0.453 e. The third-order valence-corrected chi connectivity index (χ3v) is 10.4. The predicted molar refractivity (Wildman–Crippen MR) is 198 cm³/mol. The minimum atomic E-state index is -0.0647. The summed E-state index contributed by atoms with van der Waals surface area (Å²) >= 11 is 0. The Morgan fingerprint density at radius 2 is 1.09 bits per heavy atom. The SMILES string of the molecule is CC1(C)c2ccccc2-c2cc(N(c3cc4ccccc4c4ccccc34)c3cccc4c3oc3c5ccccc5ccc43)ccc21. The fourth-order valence-electron chi connectivity index (χ4n) is 8.16. The van der Waals surface area contributed by atoms with Gasteiger partial charge in [-0.3, -0.25) is 0 Å². The van der Waals surface area contributed by atoms with E-state index in [1.807, 2.05) is 0 Å². The van der Waals surface area contributed by atoms with Crippen LogP contribution < -0.4 is 4.90 Å². The number of nitrogens with zero attached hydrogens (tertiary/aromatic N) is 1. The maximum absolute atomic E-state index is 6.96. The fraction of sp³-hybridized carbons (Fsp3) is 0.0667. The average Bonchev–Trinajstić information content (AvgIpc) is 3.62. The fourth-order valence-corrected chi connectivity index (χ4v) is 8.16. The standard InChI is InChI=1S/C45H31NO/c1-45(2)39-20-10-9-17-34(39)38-27-30(23-25-40(38)45)46(42-26-29-13-4-5-14-31(29)33-16-7-8-18-35(33)42)41-21-11-19-36-37-24-22-28-12-3-6-15-32(28)43(37)47-44(36)41/h3-27H,1-2H3. The van der Waals surface area contributed by atoms with Crippen molar-refractivity contribution in [1.82, 2.24) is 0 Å². The van der Waals surface area contributed by atoms with E-state index in [-0.39, 0.29) is 5.41 Å². The highest BCUT2D eigenvalue weighted by Gasteiger charge is 2.36. The average molecular weight is 602 g/mol. The number of furan rings is 1. The summed E-state index contributed by atoms with van der Waals surface area (Å²) in [7, 11) is 0. The zero-order valence-electron chi connectivity index (χ0n) is 26.3. The van der Waals surface area contributed by atoms with E-state index in [0.29, 0.717) is 0 Å². The van der Waals surface area contributed by atoms with Gasteiger partial charge in [0.25, 0.3) is 0 Å². The molecule has 0 N–H and O–H groups in total. The number of para-hydroxylation sites is 1. The Balaban J connectivity index is 1.32. The molecule has 10 rings (SSSR count). The Morgan fingerprint density at radius 3 is 1.96 bits per heavy atom. The van der Waals surface area contributed by atoms with Gasteiger partial charge in [0, 0.05) is 32.6 Å². The van der Waals surface area contributed by atoms with Gasteiger partial charge in [0.15, 0.2) is 5.58 Å². The number of benzene rings is 8. The van der Waals surface area contributed by atoms with Gasteiger partial charge < -0.3 is 9.32 Å². The lowest BCUT2D eigenvalue weighted by molar-refractivity contribution is 0.660. The van der Waals surface area contributed by atoms with Crippen LogP contribution in [0.5, 0.6) is 0 Å². The summed E-state index contributed by atoms with van der Waals surface area (Å²) < 4.78 is 6.96. The number of hydrogen-bond acceptors (Lipinski definition) is 2. The van der Waals surface area contributed by atoms with Crippen LogP contribution in [0, 0.1) is 0 Å². The Morgan fingerprint density at radius 1 is 0.426 bits per heavy atom. The molecule has 1 aliphatic rings. The summed E-state index contributed by atoms with van der Waals surface area (Å²) in [6.45, 7) is 4.68. The van der Waals surface area contributed by atoms with Crippen molar-refractivity contribution in [2.45, 2.75) is 19.3 Å². The van der Waals surface area contributed by atoms with Gasteiger partial charge >= 0.3 is 0 Å². The number of fused-ring (bicyclic) bond motifs is 11. The zero-order chi connectivity index (χ0) is 31.3. The van der Waals surface area contributed by atoms with E-state index in [0.717, 1.165) is 44.4 Å². The van der Waals surface area contributed by atoms with Crippen molar-refractivity contribution in [3.05, 3.63) is 163 Å². The van der Waals surface area contributed by atoms with E-state index < -0.39 is 0 Å². The van der Waals surface area contributed by atoms with Gasteiger partial charge in [-0.15, -0.1) is 0 Å². The predicted octanol–water partition coefficient (Wildman–Crippen LogP) is 12.8. The third-order valence-electron chi connectivity index (χ3n) is 10.4. The van der Waals surface area contributed by atoms with Crippen LogP contribution in [-0.4, -0.2) is 0 Å². The summed E-state index contributed by atoms with van der Waals surface area (Å²) in [6.07, 6.45) is 0. The lowest BCUT2D eigenvalue weighted by atomic mass is 9.82. The second-order valence-corrected chi connectivity index (χ2v) is 13.3. The topological polar surface area (TPSA) is 16.4 Å². The van der Waals surface area contributed by atoms with E-state index in [4.69, 9.17) is 4.42 Å². The van der Waals surface area contributed by atoms with Gasteiger partial charge in [0.1, 0.15) is 5.58 Å². The second kappa shape index (κ2) is 9.57. The molecule has 0 amide bonds. The first-order chi connectivity index (χ1) is 23.1. The van der Waals surface area contributed by atoms with Gasteiger partial charge in [0.05, 0.1) is 11.4 Å². The molecule has 9 aromatic rings. The highest BCUT2D eigenvalue weighted by molar-refractivity contribution is 6.19. The quantitative estimate of drug-likeness (QED) is 0.187. The molecule has 0 aliphatic heterocycles. The smallest absolute Gasteiger partial charge is 0.159 e. The molecule has 0 saturated carbocycles. The highest BCUT2D eigenvalue weighted by Crippen LogP contribution is 2.52. The maximum atomic E-state index is 6.96. The van der Waals surface area contributed by atoms with Crippen LogP contribution in [0.25, 0.3) is 65.4 Å². The van der Waals surface area contributed by atoms with Crippen LogP contribution >= 0.6 is 0 Å². The maximum Gasteiger partial charge on any atom is 0.159 e. The van der Waals surface area contributed by atoms with Crippen molar-refractivity contribution < 1.29 is 4.42 Å². The van der Waals surface area contributed by atoms with Gasteiger partial charge in [-0.05, 0) is 74.1 Å². The summed E-state index contributed by atoms with van der Waals surface area (Å²) in [5.74, 6) is 0. The molecule has 0 bridgehead atoms. The molecule has 0 fully saturated rings. The molecule has 0 unspecified atom stereocenters. The monoisotopic (exact) mass is 601 g/mol. The van der Waals surface area contributed by atoms with Gasteiger partial charge in [0.2, 0.25) is 0 Å². The lowest BCUT2D eigenvalue weighted by Gasteiger charge is -2.28. The van der Waals surface area contributed by atoms with Crippen LogP contribution in [-0.2, 0) is 5.41 Å². The first kappa shape index (κ1) is 26.4. The minimum absolute atomic E-state index is 0.0647. The van der Waals surface area contributed by atoms with Crippen LogP contribution in [0.15, 0.2) is 156 Å². The number of anilines is 3. The van der Waals surface area contributed by atoms with E-state index in [9.17, 15) is 0 Å². The zero-order valence-corrected chi connectivity index (χ0v) is 26.3. The van der Waals surface area contributed by atoms with E-state index in [1.165, 1.54) is 49.2 Å². The largest absolute Gasteiger partial charge is 0.453 e.